The smallest absolute Gasteiger partial charge is 0.306 e. The van der Waals surface area contributed by atoms with Crippen molar-refractivity contribution in [3.63, 3.8) is 0 Å². The summed E-state index contributed by atoms with van der Waals surface area (Å²) in [5.74, 6) is 0.178. The predicted molar refractivity (Wildman–Crippen MR) is 73.9 cm³/mol. The summed E-state index contributed by atoms with van der Waals surface area (Å²) in [6.07, 6.45) is 0.202. The van der Waals surface area contributed by atoms with Crippen molar-refractivity contribution in [1.29, 1.82) is 0 Å². The molecule has 3 nitrogen and oxygen atoms in total. The molecule has 0 fully saturated rings. The fourth-order valence-electron chi connectivity index (χ4n) is 1.87. The number of benzene rings is 1. The largest absolute Gasteiger partial charge is 0.469 e. The number of hydrogen-bond donors (Lipinski definition) is 0. The van der Waals surface area contributed by atoms with Crippen LogP contribution in [0.2, 0.25) is 0 Å². The van der Waals surface area contributed by atoms with Gasteiger partial charge in [-0.1, -0.05) is 36.2 Å². The van der Waals surface area contributed by atoms with Crippen molar-refractivity contribution in [3.05, 3.63) is 34.9 Å². The van der Waals surface area contributed by atoms with Crippen LogP contribution in [-0.2, 0) is 26.1 Å². The third kappa shape index (κ3) is 4.61. The molecule has 0 radical (unpaired) electrons. The van der Waals surface area contributed by atoms with Crippen LogP contribution in [0, 0.1) is 13.8 Å². The van der Waals surface area contributed by atoms with Crippen molar-refractivity contribution >= 4 is 16.8 Å². The highest BCUT2D eigenvalue weighted by molar-refractivity contribution is 7.84. The zero-order valence-corrected chi connectivity index (χ0v) is 12.2. The van der Waals surface area contributed by atoms with Crippen molar-refractivity contribution in [2.24, 2.45) is 0 Å². The highest BCUT2D eigenvalue weighted by Crippen LogP contribution is 2.14. The summed E-state index contributed by atoms with van der Waals surface area (Å²) >= 11 is 0. The van der Waals surface area contributed by atoms with Gasteiger partial charge in [-0.2, -0.15) is 0 Å². The molecule has 100 valence electrons. The first-order valence-corrected chi connectivity index (χ1v) is 7.31. The van der Waals surface area contributed by atoms with Crippen LogP contribution in [0.25, 0.3) is 0 Å². The summed E-state index contributed by atoms with van der Waals surface area (Å²) in [6, 6.07) is 6.16. The highest BCUT2D eigenvalue weighted by atomic mass is 32.2. The van der Waals surface area contributed by atoms with Gasteiger partial charge in [-0.3, -0.25) is 9.00 Å². The Morgan fingerprint density at radius 2 is 1.83 bits per heavy atom. The second kappa shape index (κ2) is 6.69. The lowest BCUT2D eigenvalue weighted by Gasteiger charge is -2.11. The van der Waals surface area contributed by atoms with Crippen molar-refractivity contribution in [2.45, 2.75) is 38.2 Å². The van der Waals surface area contributed by atoms with E-state index < -0.39 is 10.8 Å². The lowest BCUT2D eigenvalue weighted by molar-refractivity contribution is -0.140. The molecule has 0 aliphatic carbocycles. The molecule has 0 bridgehead atoms. The van der Waals surface area contributed by atoms with E-state index in [-0.39, 0.29) is 17.6 Å². The van der Waals surface area contributed by atoms with Gasteiger partial charge in [-0.25, -0.2) is 0 Å². The van der Waals surface area contributed by atoms with Gasteiger partial charge in [-0.15, -0.1) is 0 Å². The van der Waals surface area contributed by atoms with Crippen LogP contribution in [0.4, 0.5) is 0 Å². The molecule has 0 aliphatic heterocycles. The third-order valence-corrected chi connectivity index (χ3v) is 4.40. The summed E-state index contributed by atoms with van der Waals surface area (Å²) in [6.45, 7) is 5.87. The van der Waals surface area contributed by atoms with Gasteiger partial charge in [-0.05, 0) is 19.4 Å². The second-order valence-electron chi connectivity index (χ2n) is 4.61. The van der Waals surface area contributed by atoms with Gasteiger partial charge in [0, 0.05) is 21.8 Å². The third-order valence-electron chi connectivity index (χ3n) is 2.72. The topological polar surface area (TPSA) is 43.4 Å². The average molecular weight is 268 g/mol. The Morgan fingerprint density at radius 1 is 1.28 bits per heavy atom. The molecule has 0 heterocycles. The maximum absolute atomic E-state index is 12.1. The predicted octanol–water partition coefficient (Wildman–Crippen LogP) is 2.50. The minimum Gasteiger partial charge on any atom is -0.469 e. The fraction of sp³-hybridized carbons (Fsp3) is 0.500. The summed E-state index contributed by atoms with van der Waals surface area (Å²) in [4.78, 5) is 11.1. The van der Waals surface area contributed by atoms with Gasteiger partial charge in [0.2, 0.25) is 0 Å². The molecular weight excluding hydrogens is 248 g/mol. The number of hydrogen-bond acceptors (Lipinski definition) is 3. The van der Waals surface area contributed by atoms with E-state index >= 15 is 0 Å². The number of aryl methyl sites for hydroxylation is 2. The molecular formula is C14H20O3S. The fourth-order valence-corrected chi connectivity index (χ4v) is 2.97. The quantitative estimate of drug-likeness (QED) is 0.771. The lowest BCUT2D eigenvalue weighted by Crippen LogP contribution is -2.18. The van der Waals surface area contributed by atoms with Gasteiger partial charge in [0.05, 0.1) is 13.5 Å². The summed E-state index contributed by atoms with van der Waals surface area (Å²) < 4.78 is 16.7. The molecule has 0 saturated heterocycles. The Hall–Kier alpha value is -1.16. The van der Waals surface area contributed by atoms with Gasteiger partial charge in [0.1, 0.15) is 0 Å². The van der Waals surface area contributed by atoms with E-state index in [0.717, 1.165) is 5.56 Å². The Bertz CT molecular complexity index is 434. The number of methoxy groups -OCH3 is 1. The number of ether oxygens (including phenoxy) is 1. The highest BCUT2D eigenvalue weighted by Gasteiger charge is 2.16. The second-order valence-corrected chi connectivity index (χ2v) is 6.47. The van der Waals surface area contributed by atoms with Crippen molar-refractivity contribution in [3.8, 4) is 0 Å². The Labute approximate surface area is 111 Å². The SMILES string of the molecule is COC(=O)CC(C)S(=O)Cc1cc(C)cc(C)c1. The Morgan fingerprint density at radius 3 is 2.33 bits per heavy atom. The number of esters is 1. The molecule has 0 aromatic heterocycles. The molecule has 1 aromatic rings. The normalized spacial score (nSPS) is 14.0. The number of carbonyl (C=O) groups is 1. The zero-order valence-electron chi connectivity index (χ0n) is 11.4. The van der Waals surface area contributed by atoms with Crippen LogP contribution in [0.15, 0.2) is 18.2 Å². The first-order chi connectivity index (χ1) is 8.42. The van der Waals surface area contributed by atoms with E-state index in [1.54, 1.807) is 0 Å². The molecule has 0 saturated carbocycles. The minimum atomic E-state index is -1.06. The van der Waals surface area contributed by atoms with Crippen LogP contribution >= 0.6 is 0 Å². The van der Waals surface area contributed by atoms with Crippen molar-refractivity contribution in [1.82, 2.24) is 0 Å². The molecule has 2 atom stereocenters. The summed E-state index contributed by atoms with van der Waals surface area (Å²) in [5.41, 5.74) is 3.40. The van der Waals surface area contributed by atoms with Crippen molar-refractivity contribution in [2.75, 3.05) is 7.11 Å². The van der Waals surface area contributed by atoms with Crippen LogP contribution in [0.5, 0.6) is 0 Å². The molecule has 0 N–H and O–H groups in total. The summed E-state index contributed by atoms with van der Waals surface area (Å²) in [7, 11) is 0.294. The first kappa shape index (κ1) is 14.9. The first-order valence-electron chi connectivity index (χ1n) is 5.93. The number of rotatable bonds is 5. The van der Waals surface area contributed by atoms with E-state index in [0.29, 0.717) is 5.75 Å². The molecule has 0 amide bonds. The van der Waals surface area contributed by atoms with Gasteiger partial charge in [0.25, 0.3) is 0 Å². The maximum atomic E-state index is 12.1. The molecule has 1 aromatic carbocycles. The average Bonchev–Trinajstić information content (AvgIpc) is 2.27. The molecule has 0 spiro atoms. The van der Waals surface area contributed by atoms with E-state index in [9.17, 15) is 9.00 Å². The number of carbonyl (C=O) groups excluding carboxylic acids is 1. The van der Waals surface area contributed by atoms with Gasteiger partial charge >= 0.3 is 5.97 Å². The molecule has 0 aliphatic rings. The Balaban J connectivity index is 2.66. The zero-order chi connectivity index (χ0) is 13.7. The minimum absolute atomic E-state index is 0.182. The monoisotopic (exact) mass is 268 g/mol. The van der Waals surface area contributed by atoms with Crippen molar-refractivity contribution < 1.29 is 13.7 Å². The molecule has 18 heavy (non-hydrogen) atoms. The van der Waals surface area contributed by atoms with E-state index in [2.05, 4.69) is 10.8 Å². The van der Waals surface area contributed by atoms with E-state index in [1.807, 2.05) is 32.9 Å². The molecule has 4 heteroatoms. The van der Waals surface area contributed by atoms with Crippen LogP contribution in [-0.4, -0.2) is 22.5 Å². The standard InChI is InChI=1S/C14H20O3S/c1-10-5-11(2)7-13(6-10)9-18(16)12(3)8-14(15)17-4/h5-7,12H,8-9H2,1-4H3. The molecule has 1 rings (SSSR count). The van der Waals surface area contributed by atoms with Gasteiger partial charge < -0.3 is 4.74 Å². The van der Waals surface area contributed by atoms with Crippen LogP contribution in [0.1, 0.15) is 30.0 Å². The van der Waals surface area contributed by atoms with E-state index in [4.69, 9.17) is 0 Å². The maximum Gasteiger partial charge on any atom is 0.306 e. The van der Waals surface area contributed by atoms with E-state index in [1.165, 1.54) is 18.2 Å². The lowest BCUT2D eigenvalue weighted by atomic mass is 10.1. The van der Waals surface area contributed by atoms with Crippen LogP contribution < -0.4 is 0 Å². The van der Waals surface area contributed by atoms with Crippen LogP contribution in [0.3, 0.4) is 0 Å². The summed E-state index contributed by atoms with van der Waals surface area (Å²) in [5, 5.41) is -0.182. The molecule has 2 unspecified atom stereocenters. The van der Waals surface area contributed by atoms with Gasteiger partial charge in [0.15, 0.2) is 0 Å². The Kier molecular flexibility index (Phi) is 5.54.